The van der Waals surface area contributed by atoms with Crippen LogP contribution in [0.15, 0.2) is 54.7 Å². The maximum Gasteiger partial charge on any atom is 0.392 e. The number of carbonyl (C=O) groups excluding carboxylic acids is 1. The Morgan fingerprint density at radius 3 is 2.65 bits per heavy atom. The first-order valence-electron chi connectivity index (χ1n) is 11.1. The van der Waals surface area contributed by atoms with Gasteiger partial charge in [0.1, 0.15) is 11.6 Å². The molecule has 0 unspecified atom stereocenters. The number of rotatable bonds is 14. The smallest absolute Gasteiger partial charge is 0.392 e. The van der Waals surface area contributed by atoms with Crippen molar-refractivity contribution in [2.75, 3.05) is 18.5 Å². The molecule has 0 fully saturated rings. The first-order chi connectivity index (χ1) is 16.2. The molecule has 6 nitrogen and oxygen atoms in total. The Morgan fingerprint density at radius 1 is 1.21 bits per heavy atom. The van der Waals surface area contributed by atoms with Crippen LogP contribution in [-0.2, 0) is 22.4 Å². The molecule has 1 heterocycles. The molecule has 184 valence electrons. The van der Waals surface area contributed by atoms with Gasteiger partial charge in [0, 0.05) is 18.7 Å². The van der Waals surface area contributed by atoms with Crippen LogP contribution in [-0.4, -0.2) is 41.2 Å². The van der Waals surface area contributed by atoms with Crippen molar-refractivity contribution < 1.29 is 32.6 Å². The molecule has 0 bridgehead atoms. The lowest BCUT2D eigenvalue weighted by Gasteiger charge is -2.16. The summed E-state index contributed by atoms with van der Waals surface area (Å²) in [7, 11) is 0. The number of ether oxygens (including phenoxy) is 1. The van der Waals surface area contributed by atoms with Crippen LogP contribution in [0.1, 0.15) is 37.3 Å². The molecule has 1 aromatic heterocycles. The molecule has 0 aliphatic heterocycles. The highest BCUT2D eigenvalue weighted by molar-refractivity contribution is 5.94. The van der Waals surface area contributed by atoms with E-state index in [0.29, 0.717) is 25.3 Å². The topological polar surface area (TPSA) is 88.5 Å². The second kappa shape index (κ2) is 13.4. The monoisotopic (exact) mass is 478 g/mol. The number of carboxylic acid groups (broad SMARTS) is 1. The number of nitrogens with zero attached hydrogens (tertiary/aromatic N) is 1. The van der Waals surface area contributed by atoms with Crippen molar-refractivity contribution >= 4 is 17.6 Å². The maximum absolute atomic E-state index is 12.4. The fourth-order valence-electron chi connectivity index (χ4n) is 3.36. The number of halogens is 3. The predicted molar refractivity (Wildman–Crippen MR) is 123 cm³/mol. The van der Waals surface area contributed by atoms with Crippen LogP contribution in [0.5, 0.6) is 5.75 Å². The minimum Gasteiger partial charge on any atom is -0.494 e. The van der Waals surface area contributed by atoms with Crippen molar-refractivity contribution in [1.82, 2.24) is 4.98 Å². The number of benzene rings is 1. The fraction of sp³-hybridized carbons (Fsp3) is 0.400. The molecule has 1 atom stereocenters. The lowest BCUT2D eigenvalue weighted by Crippen LogP contribution is -2.20. The molecular weight excluding hydrogens is 449 g/mol. The van der Waals surface area contributed by atoms with E-state index in [-0.39, 0.29) is 6.42 Å². The van der Waals surface area contributed by atoms with Crippen molar-refractivity contribution in [2.45, 2.75) is 45.2 Å². The normalized spacial score (nSPS) is 12.5. The number of aromatic nitrogens is 1. The van der Waals surface area contributed by atoms with Gasteiger partial charge >= 0.3 is 12.1 Å². The number of aliphatic carboxylic acids is 1. The Kier molecular flexibility index (Phi) is 10.6. The Hall–Kier alpha value is -3.36. The third-order valence-electron chi connectivity index (χ3n) is 5.04. The van der Waals surface area contributed by atoms with Gasteiger partial charge in [0.15, 0.2) is 5.78 Å². The second-order valence-corrected chi connectivity index (χ2v) is 7.75. The van der Waals surface area contributed by atoms with Crippen LogP contribution >= 0.6 is 0 Å². The first kappa shape index (κ1) is 26.9. The summed E-state index contributed by atoms with van der Waals surface area (Å²) in [6.45, 7) is 3.10. The minimum absolute atomic E-state index is 0.124. The van der Waals surface area contributed by atoms with E-state index in [0.717, 1.165) is 35.5 Å². The maximum atomic E-state index is 12.4. The van der Waals surface area contributed by atoms with Gasteiger partial charge < -0.3 is 15.2 Å². The number of pyridine rings is 1. The number of anilines is 1. The summed E-state index contributed by atoms with van der Waals surface area (Å²) in [5.41, 5.74) is 1.67. The van der Waals surface area contributed by atoms with Crippen molar-refractivity contribution in [3.8, 4) is 5.75 Å². The average Bonchev–Trinajstić information content (AvgIpc) is 2.78. The number of ketones is 1. The number of alkyl halides is 3. The van der Waals surface area contributed by atoms with Gasteiger partial charge in [0.2, 0.25) is 0 Å². The van der Waals surface area contributed by atoms with Crippen molar-refractivity contribution in [3.05, 3.63) is 65.9 Å². The standard InChI is InChI=1S/C25H29F3N2O4/c1-2-18-16-21(34-14-6-13-30-23-8-3-4-12-29-23)10-9-19(18)15-20(17-24(32)33)22(31)7-5-11-25(26,27)28/h3-5,7-10,12,16,20H,2,6,11,13-15,17H2,1H3,(H,29,30)(H,32,33)/b7-5-/t20-/m0/s1. The number of carboxylic acids is 1. The van der Waals surface area contributed by atoms with Gasteiger partial charge in [-0.25, -0.2) is 4.98 Å². The Morgan fingerprint density at radius 2 is 2.00 bits per heavy atom. The molecule has 0 spiro atoms. The fourth-order valence-corrected chi connectivity index (χ4v) is 3.36. The minimum atomic E-state index is -4.42. The van der Waals surface area contributed by atoms with Crippen LogP contribution in [0.25, 0.3) is 0 Å². The van der Waals surface area contributed by atoms with E-state index in [1.807, 2.05) is 31.2 Å². The van der Waals surface area contributed by atoms with Crippen LogP contribution in [0.3, 0.4) is 0 Å². The van der Waals surface area contributed by atoms with E-state index in [1.54, 1.807) is 18.3 Å². The number of nitrogens with one attached hydrogen (secondary N) is 1. The van der Waals surface area contributed by atoms with Gasteiger partial charge in [0.05, 0.1) is 19.4 Å². The van der Waals surface area contributed by atoms with E-state index in [4.69, 9.17) is 9.84 Å². The molecule has 0 saturated carbocycles. The van der Waals surface area contributed by atoms with Crippen LogP contribution < -0.4 is 10.1 Å². The first-order valence-corrected chi connectivity index (χ1v) is 11.1. The predicted octanol–water partition coefficient (Wildman–Crippen LogP) is 5.24. The van der Waals surface area contributed by atoms with Gasteiger partial charge in [-0.2, -0.15) is 13.2 Å². The van der Waals surface area contributed by atoms with Gasteiger partial charge in [-0.1, -0.05) is 25.1 Å². The summed E-state index contributed by atoms with van der Waals surface area (Å²) < 4.78 is 42.8. The van der Waals surface area contributed by atoms with E-state index in [1.165, 1.54) is 0 Å². The summed E-state index contributed by atoms with van der Waals surface area (Å²) in [6, 6.07) is 11.0. The number of aryl methyl sites for hydroxylation is 1. The van der Waals surface area contributed by atoms with Gasteiger partial charge in [-0.3, -0.25) is 9.59 Å². The van der Waals surface area contributed by atoms with Gasteiger partial charge in [-0.05, 0) is 60.7 Å². The lowest BCUT2D eigenvalue weighted by atomic mass is 9.89. The largest absolute Gasteiger partial charge is 0.494 e. The number of hydrogen-bond acceptors (Lipinski definition) is 5. The summed E-state index contributed by atoms with van der Waals surface area (Å²) in [4.78, 5) is 27.8. The van der Waals surface area contributed by atoms with Crippen molar-refractivity contribution in [2.24, 2.45) is 5.92 Å². The van der Waals surface area contributed by atoms with Gasteiger partial charge in [0.25, 0.3) is 0 Å². The molecule has 34 heavy (non-hydrogen) atoms. The molecule has 0 saturated heterocycles. The Labute approximate surface area is 196 Å². The molecular formula is C25H29F3N2O4. The molecule has 2 aromatic rings. The molecule has 1 aromatic carbocycles. The van der Waals surface area contributed by atoms with E-state index >= 15 is 0 Å². The van der Waals surface area contributed by atoms with Crippen LogP contribution in [0.2, 0.25) is 0 Å². The highest BCUT2D eigenvalue weighted by Crippen LogP contribution is 2.24. The van der Waals surface area contributed by atoms with Crippen LogP contribution in [0, 0.1) is 5.92 Å². The lowest BCUT2D eigenvalue weighted by molar-refractivity contribution is -0.140. The van der Waals surface area contributed by atoms with Crippen LogP contribution in [0.4, 0.5) is 19.0 Å². The number of hydrogen-bond donors (Lipinski definition) is 2. The highest BCUT2D eigenvalue weighted by atomic mass is 19.4. The quantitative estimate of drug-likeness (QED) is 0.285. The second-order valence-electron chi connectivity index (χ2n) is 7.75. The molecule has 9 heteroatoms. The van der Waals surface area contributed by atoms with Crippen molar-refractivity contribution in [3.63, 3.8) is 0 Å². The Balaban J connectivity index is 1.95. The summed E-state index contributed by atoms with van der Waals surface area (Å²) in [5.74, 6) is -1.31. The molecule has 0 aliphatic carbocycles. The molecule has 2 rings (SSSR count). The van der Waals surface area contributed by atoms with Gasteiger partial charge in [-0.15, -0.1) is 0 Å². The zero-order chi connectivity index (χ0) is 25.0. The third kappa shape index (κ3) is 10.1. The summed E-state index contributed by atoms with van der Waals surface area (Å²) in [6.07, 6.45) is -1.33. The molecule has 0 aliphatic rings. The molecule has 0 amide bonds. The van der Waals surface area contributed by atoms with E-state index in [9.17, 15) is 22.8 Å². The number of carbonyl (C=O) groups is 2. The zero-order valence-electron chi connectivity index (χ0n) is 19.0. The molecule has 2 N–H and O–H groups in total. The van der Waals surface area contributed by atoms with E-state index < -0.39 is 36.7 Å². The van der Waals surface area contributed by atoms with E-state index in [2.05, 4.69) is 10.3 Å². The third-order valence-corrected chi connectivity index (χ3v) is 5.04. The summed E-state index contributed by atoms with van der Waals surface area (Å²) in [5, 5.41) is 12.4. The number of allylic oxidation sites excluding steroid dienone is 2. The van der Waals surface area contributed by atoms with Crippen molar-refractivity contribution in [1.29, 1.82) is 0 Å². The average molecular weight is 479 g/mol. The zero-order valence-corrected chi connectivity index (χ0v) is 19.0. The Bertz CT molecular complexity index is 962. The SMILES string of the molecule is CCc1cc(OCCCNc2ccccn2)ccc1C[C@@H](CC(=O)O)C(=O)/C=C\CC(F)(F)F. The summed E-state index contributed by atoms with van der Waals surface area (Å²) >= 11 is 0. The molecule has 0 radical (unpaired) electrons. The highest BCUT2D eigenvalue weighted by Gasteiger charge is 2.26.